The van der Waals surface area contributed by atoms with Crippen LogP contribution in [0.2, 0.25) is 0 Å². The van der Waals surface area contributed by atoms with Crippen LogP contribution in [0.4, 0.5) is 5.69 Å². The number of nitrogens with zero attached hydrogens (tertiary/aromatic N) is 2. The molecule has 0 saturated carbocycles. The standard InChI is InChI=1S/C18H20BrN3O3/c1-13(17(23)20-15-6-4-14(19)5-7-15)21-8-10-22(11-9-21)18(24)16-3-2-12-25-16/h2-7,12-13H,8-11H2,1H3,(H,20,23)/t13-/m0/s1. The fourth-order valence-corrected chi connectivity index (χ4v) is 3.08. The molecule has 0 bridgehead atoms. The van der Waals surface area contributed by atoms with Gasteiger partial charge in [0.15, 0.2) is 5.76 Å². The smallest absolute Gasteiger partial charge is 0.289 e. The number of carbonyl (C=O) groups is 2. The van der Waals surface area contributed by atoms with Gasteiger partial charge in [0.25, 0.3) is 5.91 Å². The van der Waals surface area contributed by atoms with E-state index in [0.29, 0.717) is 31.9 Å². The van der Waals surface area contributed by atoms with Crippen molar-refractivity contribution >= 4 is 33.4 Å². The first-order chi connectivity index (χ1) is 12.0. The maximum Gasteiger partial charge on any atom is 0.289 e. The van der Waals surface area contributed by atoms with Crippen LogP contribution in [-0.4, -0.2) is 53.8 Å². The van der Waals surface area contributed by atoms with Gasteiger partial charge in [-0.05, 0) is 43.3 Å². The number of furan rings is 1. The number of nitrogens with one attached hydrogen (secondary N) is 1. The van der Waals surface area contributed by atoms with Crippen LogP contribution in [0.15, 0.2) is 51.6 Å². The summed E-state index contributed by atoms with van der Waals surface area (Å²) in [6, 6.07) is 10.6. The summed E-state index contributed by atoms with van der Waals surface area (Å²) in [5.74, 6) is 0.208. The van der Waals surface area contributed by atoms with Crippen molar-refractivity contribution in [2.24, 2.45) is 0 Å². The summed E-state index contributed by atoms with van der Waals surface area (Å²) < 4.78 is 6.13. The molecule has 0 spiro atoms. The van der Waals surface area contributed by atoms with Crippen LogP contribution >= 0.6 is 15.9 Å². The van der Waals surface area contributed by atoms with E-state index in [4.69, 9.17) is 4.42 Å². The monoisotopic (exact) mass is 405 g/mol. The van der Waals surface area contributed by atoms with Crippen LogP contribution in [-0.2, 0) is 4.79 Å². The Labute approximate surface area is 154 Å². The number of hydrogen-bond donors (Lipinski definition) is 1. The Kier molecular flexibility index (Phi) is 5.55. The molecule has 6 nitrogen and oxygen atoms in total. The van der Waals surface area contributed by atoms with Crippen LogP contribution < -0.4 is 5.32 Å². The van der Waals surface area contributed by atoms with Gasteiger partial charge >= 0.3 is 0 Å². The second-order valence-electron chi connectivity index (χ2n) is 5.98. The Balaban J connectivity index is 1.52. The lowest BCUT2D eigenvalue weighted by Gasteiger charge is -2.37. The zero-order chi connectivity index (χ0) is 17.8. The van der Waals surface area contributed by atoms with Gasteiger partial charge in [0, 0.05) is 36.3 Å². The second kappa shape index (κ2) is 7.84. The van der Waals surface area contributed by atoms with Crippen LogP contribution in [0.25, 0.3) is 0 Å². The van der Waals surface area contributed by atoms with Gasteiger partial charge in [0.2, 0.25) is 5.91 Å². The van der Waals surface area contributed by atoms with Gasteiger partial charge in [-0.2, -0.15) is 0 Å². The summed E-state index contributed by atoms with van der Waals surface area (Å²) in [6.07, 6.45) is 1.50. The predicted molar refractivity (Wildman–Crippen MR) is 98.4 cm³/mol. The van der Waals surface area contributed by atoms with E-state index < -0.39 is 0 Å². The SMILES string of the molecule is C[C@@H](C(=O)Nc1ccc(Br)cc1)N1CCN(C(=O)c2ccco2)CC1. The summed E-state index contributed by atoms with van der Waals surface area (Å²) in [5, 5.41) is 2.93. The molecule has 1 N–H and O–H groups in total. The van der Waals surface area contributed by atoms with Gasteiger partial charge in [-0.25, -0.2) is 0 Å². The fourth-order valence-electron chi connectivity index (χ4n) is 2.81. The summed E-state index contributed by atoms with van der Waals surface area (Å²) in [6.45, 7) is 4.35. The van der Waals surface area contributed by atoms with Crippen LogP contribution in [0.5, 0.6) is 0 Å². The highest BCUT2D eigenvalue weighted by molar-refractivity contribution is 9.10. The minimum absolute atomic E-state index is 0.0480. The summed E-state index contributed by atoms with van der Waals surface area (Å²) in [4.78, 5) is 28.6. The predicted octanol–water partition coefficient (Wildman–Crippen LogP) is 2.83. The molecule has 1 atom stereocenters. The van der Waals surface area contributed by atoms with Gasteiger partial charge < -0.3 is 14.6 Å². The van der Waals surface area contributed by atoms with Crippen molar-refractivity contribution in [2.75, 3.05) is 31.5 Å². The van der Waals surface area contributed by atoms with E-state index in [9.17, 15) is 9.59 Å². The number of rotatable bonds is 4. The Morgan fingerprint density at radius 3 is 2.40 bits per heavy atom. The number of hydrogen-bond acceptors (Lipinski definition) is 4. The Morgan fingerprint density at radius 1 is 1.12 bits per heavy atom. The number of anilines is 1. The van der Waals surface area contributed by atoms with Crippen LogP contribution in [0.3, 0.4) is 0 Å². The molecule has 2 amide bonds. The Bertz CT molecular complexity index is 723. The first-order valence-electron chi connectivity index (χ1n) is 8.18. The van der Waals surface area contributed by atoms with E-state index in [1.807, 2.05) is 31.2 Å². The molecule has 25 heavy (non-hydrogen) atoms. The van der Waals surface area contributed by atoms with Crippen molar-refractivity contribution in [1.29, 1.82) is 0 Å². The third-order valence-electron chi connectivity index (χ3n) is 4.37. The number of benzene rings is 1. The molecule has 1 aromatic heterocycles. The van der Waals surface area contributed by atoms with Crippen LogP contribution in [0.1, 0.15) is 17.5 Å². The van der Waals surface area contributed by atoms with Crippen molar-refractivity contribution in [2.45, 2.75) is 13.0 Å². The third kappa shape index (κ3) is 4.29. The molecule has 1 aromatic carbocycles. The molecular weight excluding hydrogens is 386 g/mol. The molecule has 0 radical (unpaired) electrons. The van der Waals surface area contributed by atoms with Gasteiger partial charge in [-0.3, -0.25) is 14.5 Å². The van der Waals surface area contributed by atoms with E-state index >= 15 is 0 Å². The molecule has 1 aliphatic heterocycles. The largest absolute Gasteiger partial charge is 0.459 e. The van der Waals surface area contributed by atoms with E-state index in [2.05, 4.69) is 26.1 Å². The Morgan fingerprint density at radius 2 is 1.80 bits per heavy atom. The maximum absolute atomic E-state index is 12.4. The molecule has 3 rings (SSSR count). The highest BCUT2D eigenvalue weighted by atomic mass is 79.9. The summed E-state index contributed by atoms with van der Waals surface area (Å²) >= 11 is 3.37. The van der Waals surface area contributed by atoms with E-state index in [1.165, 1.54) is 6.26 Å². The molecular formula is C18H20BrN3O3. The lowest BCUT2D eigenvalue weighted by Crippen LogP contribution is -2.54. The number of carbonyl (C=O) groups excluding carboxylic acids is 2. The summed E-state index contributed by atoms with van der Waals surface area (Å²) in [5.41, 5.74) is 0.770. The highest BCUT2D eigenvalue weighted by Crippen LogP contribution is 2.16. The van der Waals surface area contributed by atoms with Gasteiger partial charge in [0.1, 0.15) is 0 Å². The molecule has 0 aliphatic carbocycles. The lowest BCUT2D eigenvalue weighted by atomic mass is 10.2. The van der Waals surface area contributed by atoms with Crippen molar-refractivity contribution in [1.82, 2.24) is 9.80 Å². The van der Waals surface area contributed by atoms with Gasteiger partial charge in [0.05, 0.1) is 12.3 Å². The average molecular weight is 406 g/mol. The average Bonchev–Trinajstić information content (AvgIpc) is 3.17. The van der Waals surface area contributed by atoms with Crippen molar-refractivity contribution in [3.63, 3.8) is 0 Å². The minimum Gasteiger partial charge on any atom is -0.459 e. The molecule has 2 heterocycles. The molecule has 0 unspecified atom stereocenters. The van der Waals surface area contributed by atoms with E-state index in [0.717, 1.165) is 10.2 Å². The third-order valence-corrected chi connectivity index (χ3v) is 4.90. The second-order valence-corrected chi connectivity index (χ2v) is 6.89. The normalized spacial score (nSPS) is 16.5. The number of halogens is 1. The molecule has 1 aliphatic rings. The minimum atomic E-state index is -0.260. The fraction of sp³-hybridized carbons (Fsp3) is 0.333. The van der Waals surface area contributed by atoms with E-state index in [1.54, 1.807) is 17.0 Å². The molecule has 7 heteroatoms. The topological polar surface area (TPSA) is 65.8 Å². The Hall–Kier alpha value is -2.12. The zero-order valence-corrected chi connectivity index (χ0v) is 15.5. The first-order valence-corrected chi connectivity index (χ1v) is 8.97. The number of piperazine rings is 1. The quantitative estimate of drug-likeness (QED) is 0.848. The van der Waals surface area contributed by atoms with E-state index in [-0.39, 0.29) is 17.9 Å². The molecule has 1 fully saturated rings. The highest BCUT2D eigenvalue weighted by Gasteiger charge is 2.28. The van der Waals surface area contributed by atoms with Crippen molar-refractivity contribution in [3.8, 4) is 0 Å². The van der Waals surface area contributed by atoms with Crippen LogP contribution in [0, 0.1) is 0 Å². The van der Waals surface area contributed by atoms with Gasteiger partial charge in [-0.1, -0.05) is 15.9 Å². The number of amides is 2. The van der Waals surface area contributed by atoms with Gasteiger partial charge in [-0.15, -0.1) is 0 Å². The van der Waals surface area contributed by atoms with Crippen molar-refractivity contribution in [3.05, 3.63) is 52.9 Å². The maximum atomic E-state index is 12.4. The van der Waals surface area contributed by atoms with Crippen molar-refractivity contribution < 1.29 is 14.0 Å². The lowest BCUT2D eigenvalue weighted by molar-refractivity contribution is -0.121. The summed E-state index contributed by atoms with van der Waals surface area (Å²) in [7, 11) is 0. The molecule has 2 aromatic rings. The first kappa shape index (κ1) is 17.7. The molecule has 1 saturated heterocycles. The zero-order valence-electron chi connectivity index (χ0n) is 13.9. The molecule has 132 valence electrons.